The Labute approximate surface area is 168 Å². The van der Waals surface area contributed by atoms with Crippen molar-refractivity contribution in [1.82, 2.24) is 14.5 Å². The van der Waals surface area contributed by atoms with Crippen LogP contribution < -0.4 is 15.6 Å². The number of halogens is 1. The molecule has 2 aromatic heterocycles. The van der Waals surface area contributed by atoms with Gasteiger partial charge in [-0.3, -0.25) is 14.2 Å². The summed E-state index contributed by atoms with van der Waals surface area (Å²) in [6.07, 6.45) is 1.34. The van der Waals surface area contributed by atoms with E-state index in [1.807, 2.05) is 13.8 Å². The number of nitrogens with zero attached hydrogens (tertiary/aromatic N) is 3. The number of amides is 1. The number of rotatable bonds is 6. The van der Waals surface area contributed by atoms with Crippen molar-refractivity contribution in [2.24, 2.45) is 0 Å². The molecular formula is C17H17ClN4O3S2. The first-order chi connectivity index (χ1) is 12.9. The molecule has 0 saturated heterocycles. The molecule has 0 aliphatic rings. The van der Waals surface area contributed by atoms with Gasteiger partial charge in [-0.15, -0.1) is 11.3 Å². The number of aryl methyl sites for hydroxylation is 1. The van der Waals surface area contributed by atoms with Crippen LogP contribution in [0.1, 0.15) is 12.5 Å². The predicted molar refractivity (Wildman–Crippen MR) is 109 cm³/mol. The minimum Gasteiger partial charge on any atom is -0.495 e. The van der Waals surface area contributed by atoms with Crippen LogP contribution in [0.3, 0.4) is 0 Å². The molecule has 0 aliphatic heterocycles. The number of hydrogen-bond acceptors (Lipinski definition) is 7. The fourth-order valence-electron chi connectivity index (χ4n) is 2.40. The Bertz CT molecular complexity index is 1060. The van der Waals surface area contributed by atoms with Gasteiger partial charge in [-0.1, -0.05) is 30.3 Å². The van der Waals surface area contributed by atoms with Crippen LogP contribution in [-0.2, 0) is 11.3 Å². The van der Waals surface area contributed by atoms with E-state index in [4.69, 9.17) is 16.3 Å². The minimum atomic E-state index is -0.369. The van der Waals surface area contributed by atoms with Gasteiger partial charge in [-0.2, -0.15) is 0 Å². The highest BCUT2D eigenvalue weighted by Gasteiger charge is 2.15. The second-order valence-electron chi connectivity index (χ2n) is 5.59. The normalized spacial score (nSPS) is 11.0. The van der Waals surface area contributed by atoms with Crippen molar-refractivity contribution in [3.05, 3.63) is 39.4 Å². The molecule has 0 atom stereocenters. The molecule has 3 aromatic rings. The van der Waals surface area contributed by atoms with E-state index in [9.17, 15) is 9.59 Å². The van der Waals surface area contributed by atoms with Crippen LogP contribution in [0.25, 0.3) is 10.3 Å². The quantitative estimate of drug-likeness (QED) is 0.609. The van der Waals surface area contributed by atoms with Gasteiger partial charge in [-0.25, -0.2) is 9.97 Å². The maximum absolute atomic E-state index is 12.6. The topological polar surface area (TPSA) is 86.1 Å². The van der Waals surface area contributed by atoms with Gasteiger partial charge in [-0.05, 0) is 24.3 Å². The third-order valence-electron chi connectivity index (χ3n) is 3.70. The Balaban J connectivity index is 1.83. The second-order valence-corrected chi connectivity index (χ2v) is 8.51. The lowest BCUT2D eigenvalue weighted by atomic mass is 10.2. The van der Waals surface area contributed by atoms with Crippen molar-refractivity contribution in [2.45, 2.75) is 24.7 Å². The van der Waals surface area contributed by atoms with Gasteiger partial charge < -0.3 is 10.1 Å². The first-order valence-electron chi connectivity index (χ1n) is 8.05. The van der Waals surface area contributed by atoms with E-state index in [1.54, 1.807) is 23.9 Å². The first kappa shape index (κ1) is 19.7. The zero-order valence-corrected chi connectivity index (χ0v) is 17.3. The number of thiazole rings is 1. The molecule has 1 N–H and O–H groups in total. The molecule has 1 amide bonds. The van der Waals surface area contributed by atoms with Crippen LogP contribution in [0, 0.1) is 6.92 Å². The smallest absolute Gasteiger partial charge is 0.273 e. The lowest BCUT2D eigenvalue weighted by Gasteiger charge is -2.12. The molecule has 1 aromatic carbocycles. The van der Waals surface area contributed by atoms with Crippen molar-refractivity contribution in [3.8, 4) is 5.75 Å². The number of ether oxygens (including phenoxy) is 1. The Kier molecular flexibility index (Phi) is 6.03. The van der Waals surface area contributed by atoms with E-state index >= 15 is 0 Å². The summed E-state index contributed by atoms with van der Waals surface area (Å²) in [5.41, 5.74) is 1.42. The van der Waals surface area contributed by atoms with Crippen molar-refractivity contribution < 1.29 is 9.53 Å². The molecule has 3 rings (SSSR count). The number of methoxy groups -OCH3 is 1. The molecule has 7 nitrogen and oxygen atoms in total. The van der Waals surface area contributed by atoms with Crippen molar-refractivity contribution >= 4 is 56.6 Å². The molecule has 10 heteroatoms. The molecule has 2 heterocycles. The van der Waals surface area contributed by atoms with Gasteiger partial charge in [0.1, 0.15) is 23.3 Å². The summed E-state index contributed by atoms with van der Waals surface area (Å²) < 4.78 is 7.76. The number of nitrogens with one attached hydrogen (secondary N) is 1. The molecule has 0 radical (unpaired) electrons. The monoisotopic (exact) mass is 424 g/mol. The Morgan fingerprint density at radius 1 is 1.44 bits per heavy atom. The Morgan fingerprint density at radius 2 is 2.22 bits per heavy atom. The van der Waals surface area contributed by atoms with E-state index < -0.39 is 0 Å². The third kappa shape index (κ3) is 4.26. The largest absolute Gasteiger partial charge is 0.495 e. The van der Waals surface area contributed by atoms with Crippen LogP contribution in [0.5, 0.6) is 5.75 Å². The molecular weight excluding hydrogens is 408 g/mol. The van der Waals surface area contributed by atoms with Crippen LogP contribution in [-0.4, -0.2) is 33.3 Å². The van der Waals surface area contributed by atoms with E-state index in [1.165, 1.54) is 29.3 Å². The van der Waals surface area contributed by atoms with E-state index in [-0.39, 0.29) is 18.0 Å². The maximum atomic E-state index is 12.6. The molecule has 0 aliphatic carbocycles. The summed E-state index contributed by atoms with van der Waals surface area (Å²) in [4.78, 5) is 33.6. The summed E-state index contributed by atoms with van der Waals surface area (Å²) in [6.45, 7) is 3.68. The molecule has 0 bridgehead atoms. The van der Waals surface area contributed by atoms with E-state index in [0.717, 1.165) is 15.7 Å². The maximum Gasteiger partial charge on any atom is 0.273 e. The van der Waals surface area contributed by atoms with E-state index in [0.29, 0.717) is 26.8 Å². The highest BCUT2D eigenvalue weighted by atomic mass is 35.5. The summed E-state index contributed by atoms with van der Waals surface area (Å²) in [7, 11) is 1.49. The van der Waals surface area contributed by atoms with Crippen molar-refractivity contribution in [3.63, 3.8) is 0 Å². The number of hydrogen-bond donors (Lipinski definition) is 1. The molecule has 0 saturated carbocycles. The number of benzene rings is 1. The fourth-order valence-corrected chi connectivity index (χ4v) is 4.49. The number of carbonyl (C=O) groups excluding carboxylic acids is 1. The van der Waals surface area contributed by atoms with Gasteiger partial charge in [0.15, 0.2) is 9.99 Å². The lowest BCUT2D eigenvalue weighted by Crippen LogP contribution is -2.27. The lowest BCUT2D eigenvalue weighted by molar-refractivity contribution is -0.116. The van der Waals surface area contributed by atoms with Crippen LogP contribution >= 0.6 is 34.7 Å². The summed E-state index contributed by atoms with van der Waals surface area (Å²) in [5, 5.41) is 3.30. The van der Waals surface area contributed by atoms with Gasteiger partial charge in [0.05, 0.1) is 12.8 Å². The highest BCUT2D eigenvalue weighted by molar-refractivity contribution is 8.01. The zero-order chi connectivity index (χ0) is 19.6. The SMILES string of the molecule is CCSc1nc2ncn(CC(=O)Nc3cc(C)c(Cl)cc3OC)c(=O)c2s1. The first-order valence-corrected chi connectivity index (χ1v) is 10.2. The molecule has 142 valence electrons. The summed E-state index contributed by atoms with van der Waals surface area (Å²) in [5.74, 6) is 0.938. The van der Waals surface area contributed by atoms with Crippen molar-refractivity contribution in [2.75, 3.05) is 18.2 Å². The summed E-state index contributed by atoms with van der Waals surface area (Å²) >= 11 is 8.92. The highest BCUT2D eigenvalue weighted by Crippen LogP contribution is 2.31. The number of anilines is 1. The van der Waals surface area contributed by atoms with Crippen LogP contribution in [0.2, 0.25) is 5.02 Å². The average molecular weight is 425 g/mol. The third-order valence-corrected chi connectivity index (χ3v) is 6.17. The number of carbonyl (C=O) groups is 1. The van der Waals surface area contributed by atoms with Crippen LogP contribution in [0.15, 0.2) is 27.6 Å². The Morgan fingerprint density at radius 3 is 2.93 bits per heavy atom. The van der Waals surface area contributed by atoms with Gasteiger partial charge in [0.2, 0.25) is 5.91 Å². The van der Waals surface area contributed by atoms with Gasteiger partial charge in [0.25, 0.3) is 5.56 Å². The van der Waals surface area contributed by atoms with Gasteiger partial charge >= 0.3 is 0 Å². The average Bonchev–Trinajstić information content (AvgIpc) is 3.04. The molecule has 27 heavy (non-hydrogen) atoms. The standard InChI is InChI=1S/C17H17ClN4O3S2/c1-4-26-17-21-15-14(27-17)16(24)22(8-19-15)7-13(23)20-11-5-9(2)10(18)6-12(11)25-3/h5-6,8H,4,7H2,1-3H3,(H,20,23). The number of fused-ring (bicyclic) bond motifs is 1. The number of thioether (sulfide) groups is 1. The number of aromatic nitrogens is 3. The Hall–Kier alpha value is -2.10. The van der Waals surface area contributed by atoms with E-state index in [2.05, 4.69) is 15.3 Å². The molecule has 0 fully saturated rings. The van der Waals surface area contributed by atoms with Crippen molar-refractivity contribution in [1.29, 1.82) is 0 Å². The zero-order valence-electron chi connectivity index (χ0n) is 14.9. The molecule has 0 unspecified atom stereocenters. The van der Waals surface area contributed by atoms with Gasteiger partial charge in [0, 0.05) is 11.1 Å². The second kappa shape index (κ2) is 8.28. The predicted octanol–water partition coefficient (Wildman–Crippen LogP) is 3.57. The minimum absolute atomic E-state index is 0.166. The van der Waals surface area contributed by atoms with Crippen LogP contribution in [0.4, 0.5) is 5.69 Å². The fraction of sp³-hybridized carbons (Fsp3) is 0.294. The molecule has 0 spiro atoms. The summed E-state index contributed by atoms with van der Waals surface area (Å²) in [6, 6.07) is 3.36.